The Balaban J connectivity index is 2.28. The predicted octanol–water partition coefficient (Wildman–Crippen LogP) is -1.24. The molecular formula is C9H15N3O5S2. The maximum absolute atomic E-state index is 12.2. The number of rotatable bonds is 4. The molecule has 1 fully saturated rings. The second kappa shape index (κ2) is 4.54. The molecule has 0 amide bonds. The lowest BCUT2D eigenvalue weighted by Crippen LogP contribution is -2.47. The molecular weight excluding hydrogens is 294 g/mol. The summed E-state index contributed by atoms with van der Waals surface area (Å²) in [4.78, 5) is 0. The third-order valence-electron chi connectivity index (χ3n) is 3.00. The summed E-state index contributed by atoms with van der Waals surface area (Å²) in [6.07, 6.45) is 1.43. The van der Waals surface area contributed by atoms with Crippen LogP contribution in [0.3, 0.4) is 0 Å². The van der Waals surface area contributed by atoms with E-state index in [2.05, 4.69) is 14.9 Å². The summed E-state index contributed by atoms with van der Waals surface area (Å²) in [5.74, 6) is -0.274. The van der Waals surface area contributed by atoms with Crippen molar-refractivity contribution in [2.75, 3.05) is 11.5 Å². The highest BCUT2D eigenvalue weighted by Crippen LogP contribution is 2.25. The summed E-state index contributed by atoms with van der Waals surface area (Å²) >= 11 is 0. The first-order chi connectivity index (χ1) is 8.68. The van der Waals surface area contributed by atoms with Crippen LogP contribution in [0.15, 0.2) is 11.2 Å². The second-order valence-electron chi connectivity index (χ2n) is 4.89. The van der Waals surface area contributed by atoms with Crippen LogP contribution in [-0.4, -0.2) is 49.2 Å². The van der Waals surface area contributed by atoms with Gasteiger partial charge >= 0.3 is 0 Å². The molecule has 108 valence electrons. The van der Waals surface area contributed by atoms with Gasteiger partial charge in [0.05, 0.1) is 24.3 Å². The Kier molecular flexibility index (Phi) is 3.45. The Morgan fingerprint density at radius 3 is 2.79 bits per heavy atom. The van der Waals surface area contributed by atoms with E-state index in [0.717, 1.165) is 0 Å². The zero-order valence-electron chi connectivity index (χ0n) is 10.2. The zero-order chi connectivity index (χ0) is 14.3. The Morgan fingerprint density at radius 2 is 2.26 bits per heavy atom. The van der Waals surface area contributed by atoms with Gasteiger partial charge in [-0.25, -0.2) is 21.6 Å². The molecule has 1 saturated heterocycles. The fourth-order valence-electron chi connectivity index (χ4n) is 2.11. The SMILES string of the molecule is CC1(NS(=O)(=O)c2[nH]ncc2CO)CCS(=O)(=O)C1. The van der Waals surface area contributed by atoms with E-state index < -0.39 is 32.0 Å². The van der Waals surface area contributed by atoms with E-state index in [0.29, 0.717) is 0 Å². The van der Waals surface area contributed by atoms with E-state index in [9.17, 15) is 16.8 Å². The van der Waals surface area contributed by atoms with E-state index in [1.165, 1.54) is 6.20 Å². The number of nitrogens with zero attached hydrogens (tertiary/aromatic N) is 1. The number of H-pyrrole nitrogens is 1. The van der Waals surface area contributed by atoms with Gasteiger partial charge in [-0.1, -0.05) is 0 Å². The van der Waals surface area contributed by atoms with Crippen molar-refractivity contribution >= 4 is 19.9 Å². The minimum Gasteiger partial charge on any atom is -0.392 e. The second-order valence-corrected chi connectivity index (χ2v) is 8.69. The standard InChI is InChI=1S/C9H15N3O5S2/c1-9(2-3-18(14,15)6-9)12-19(16,17)8-7(5-13)4-10-11-8/h4,12-13H,2-3,5-6H2,1H3,(H,10,11). The predicted molar refractivity (Wildman–Crippen MR) is 66.5 cm³/mol. The van der Waals surface area contributed by atoms with E-state index in [-0.39, 0.29) is 28.5 Å². The minimum atomic E-state index is -3.94. The smallest absolute Gasteiger partial charge is 0.258 e. The number of sulfone groups is 1. The molecule has 0 aromatic carbocycles. The lowest BCUT2D eigenvalue weighted by atomic mass is 10.0. The summed E-state index contributed by atoms with van der Waals surface area (Å²) < 4.78 is 49.6. The minimum absolute atomic E-state index is 0.0398. The highest BCUT2D eigenvalue weighted by atomic mass is 32.2. The van der Waals surface area contributed by atoms with Crippen LogP contribution in [0.2, 0.25) is 0 Å². The van der Waals surface area contributed by atoms with Gasteiger partial charge in [0.2, 0.25) is 0 Å². The molecule has 1 aromatic rings. The highest BCUT2D eigenvalue weighted by molar-refractivity contribution is 7.92. The summed E-state index contributed by atoms with van der Waals surface area (Å²) in [6, 6.07) is 0. The Morgan fingerprint density at radius 1 is 1.58 bits per heavy atom. The van der Waals surface area contributed by atoms with Gasteiger partial charge < -0.3 is 5.11 Å². The molecule has 10 heteroatoms. The Hall–Kier alpha value is -0.970. The van der Waals surface area contributed by atoms with Gasteiger partial charge in [-0.05, 0) is 13.3 Å². The maximum atomic E-state index is 12.2. The average molecular weight is 309 g/mol. The maximum Gasteiger partial charge on any atom is 0.258 e. The molecule has 2 heterocycles. The van der Waals surface area contributed by atoms with Gasteiger partial charge in [-0.3, -0.25) is 5.10 Å². The van der Waals surface area contributed by atoms with Crippen LogP contribution in [0.25, 0.3) is 0 Å². The van der Waals surface area contributed by atoms with Crippen LogP contribution in [-0.2, 0) is 26.5 Å². The first kappa shape index (κ1) is 14.4. The fourth-order valence-corrected chi connectivity index (χ4v) is 5.86. The number of aliphatic hydroxyl groups excluding tert-OH is 1. The molecule has 0 aliphatic carbocycles. The number of aliphatic hydroxyl groups is 1. The molecule has 1 aliphatic heterocycles. The monoisotopic (exact) mass is 309 g/mol. The van der Waals surface area contributed by atoms with E-state index >= 15 is 0 Å². The van der Waals surface area contributed by atoms with Gasteiger partial charge in [0, 0.05) is 11.1 Å². The number of hydrogen-bond donors (Lipinski definition) is 3. The molecule has 0 radical (unpaired) electrons. The third kappa shape index (κ3) is 2.96. The molecule has 8 nitrogen and oxygen atoms in total. The molecule has 2 rings (SSSR count). The zero-order valence-corrected chi connectivity index (χ0v) is 11.9. The topological polar surface area (TPSA) is 129 Å². The number of nitrogens with one attached hydrogen (secondary N) is 2. The van der Waals surface area contributed by atoms with Gasteiger partial charge in [-0.15, -0.1) is 0 Å². The van der Waals surface area contributed by atoms with Crippen LogP contribution in [0.1, 0.15) is 18.9 Å². The number of hydrogen-bond acceptors (Lipinski definition) is 6. The van der Waals surface area contributed by atoms with Crippen LogP contribution >= 0.6 is 0 Å². The average Bonchev–Trinajstić information content (AvgIpc) is 2.82. The summed E-state index contributed by atoms with van der Waals surface area (Å²) in [7, 11) is -7.16. The van der Waals surface area contributed by atoms with Crippen molar-refractivity contribution in [3.8, 4) is 0 Å². The van der Waals surface area contributed by atoms with Crippen molar-refractivity contribution in [2.45, 2.75) is 30.5 Å². The first-order valence-corrected chi connectivity index (χ1v) is 8.85. The summed E-state index contributed by atoms with van der Waals surface area (Å²) in [5, 5.41) is 14.7. The molecule has 1 atom stereocenters. The molecule has 0 bridgehead atoms. The van der Waals surface area contributed by atoms with Crippen LogP contribution in [0.5, 0.6) is 0 Å². The Bertz CT molecular complexity index is 678. The van der Waals surface area contributed by atoms with Crippen molar-refractivity contribution < 1.29 is 21.9 Å². The number of aromatic amines is 1. The molecule has 0 spiro atoms. The highest BCUT2D eigenvalue weighted by Gasteiger charge is 2.42. The van der Waals surface area contributed by atoms with Gasteiger partial charge in [-0.2, -0.15) is 5.10 Å². The largest absolute Gasteiger partial charge is 0.392 e. The third-order valence-corrected chi connectivity index (χ3v) is 6.56. The summed E-state index contributed by atoms with van der Waals surface area (Å²) in [5.41, 5.74) is -0.896. The first-order valence-electron chi connectivity index (χ1n) is 5.55. The number of sulfonamides is 1. The van der Waals surface area contributed by atoms with Crippen molar-refractivity contribution in [2.24, 2.45) is 0 Å². The van der Waals surface area contributed by atoms with E-state index in [1.807, 2.05) is 0 Å². The van der Waals surface area contributed by atoms with Crippen molar-refractivity contribution in [1.82, 2.24) is 14.9 Å². The van der Waals surface area contributed by atoms with Gasteiger partial charge in [0.1, 0.15) is 0 Å². The van der Waals surface area contributed by atoms with Crippen molar-refractivity contribution in [3.05, 3.63) is 11.8 Å². The van der Waals surface area contributed by atoms with Crippen LogP contribution < -0.4 is 4.72 Å². The molecule has 1 unspecified atom stereocenters. The number of aromatic nitrogens is 2. The van der Waals surface area contributed by atoms with E-state index in [1.54, 1.807) is 6.92 Å². The molecule has 1 aliphatic rings. The lowest BCUT2D eigenvalue weighted by molar-refractivity contribution is 0.278. The van der Waals surface area contributed by atoms with Crippen LogP contribution in [0, 0.1) is 0 Å². The van der Waals surface area contributed by atoms with Gasteiger partial charge in [0.15, 0.2) is 14.9 Å². The molecule has 19 heavy (non-hydrogen) atoms. The van der Waals surface area contributed by atoms with Crippen molar-refractivity contribution in [1.29, 1.82) is 0 Å². The normalized spacial score (nSPS) is 26.6. The Labute approximate surface area is 111 Å². The van der Waals surface area contributed by atoms with Crippen molar-refractivity contribution in [3.63, 3.8) is 0 Å². The molecule has 1 aromatic heterocycles. The van der Waals surface area contributed by atoms with Crippen LogP contribution in [0.4, 0.5) is 0 Å². The fraction of sp³-hybridized carbons (Fsp3) is 0.667. The summed E-state index contributed by atoms with van der Waals surface area (Å²) in [6.45, 7) is 1.08. The quantitative estimate of drug-likeness (QED) is 0.638. The van der Waals surface area contributed by atoms with Gasteiger partial charge in [0.25, 0.3) is 10.0 Å². The molecule has 3 N–H and O–H groups in total. The lowest BCUT2D eigenvalue weighted by Gasteiger charge is -2.23. The molecule has 0 saturated carbocycles. The van der Waals surface area contributed by atoms with E-state index in [4.69, 9.17) is 5.11 Å².